The lowest BCUT2D eigenvalue weighted by Gasteiger charge is -2.19. The van der Waals surface area contributed by atoms with Crippen LogP contribution in [0.2, 0.25) is 0 Å². The monoisotopic (exact) mass is 221 g/mol. The molecule has 0 fully saturated rings. The standard InChI is InChI=1S/C11H11NO4/c1-15-9-3-2-4-10-8(9)5-7(6-16-10)12-11(13)14/h2-5,12H,6H2,1H3,(H,13,14). The summed E-state index contributed by atoms with van der Waals surface area (Å²) in [4.78, 5) is 10.5. The molecule has 1 aromatic rings. The Labute approximate surface area is 92.3 Å². The number of methoxy groups -OCH3 is 1. The lowest BCUT2D eigenvalue weighted by atomic mass is 10.1. The van der Waals surface area contributed by atoms with Gasteiger partial charge in [0.25, 0.3) is 0 Å². The Bertz CT molecular complexity index is 453. The molecule has 5 heteroatoms. The second-order valence-electron chi connectivity index (χ2n) is 3.26. The van der Waals surface area contributed by atoms with E-state index in [2.05, 4.69) is 5.32 Å². The van der Waals surface area contributed by atoms with Gasteiger partial charge in [-0.3, -0.25) is 5.32 Å². The van der Waals surface area contributed by atoms with Crippen molar-refractivity contribution in [2.45, 2.75) is 0 Å². The van der Waals surface area contributed by atoms with Crippen LogP contribution in [0.25, 0.3) is 6.08 Å². The van der Waals surface area contributed by atoms with Crippen molar-refractivity contribution in [3.05, 3.63) is 29.5 Å². The summed E-state index contributed by atoms with van der Waals surface area (Å²) in [6.07, 6.45) is 0.611. The fourth-order valence-electron chi connectivity index (χ4n) is 1.55. The van der Waals surface area contributed by atoms with Gasteiger partial charge in [0.15, 0.2) is 0 Å². The molecule has 1 aliphatic rings. The first kappa shape index (κ1) is 10.4. The molecule has 0 aliphatic carbocycles. The number of carboxylic acid groups (broad SMARTS) is 1. The molecule has 1 amide bonds. The van der Waals surface area contributed by atoms with Gasteiger partial charge in [0, 0.05) is 0 Å². The zero-order chi connectivity index (χ0) is 11.5. The predicted octanol–water partition coefficient (Wildman–Crippen LogP) is 1.70. The number of ether oxygens (including phenoxy) is 2. The van der Waals surface area contributed by atoms with E-state index in [0.717, 1.165) is 5.56 Å². The van der Waals surface area contributed by atoms with Crippen LogP contribution in [0, 0.1) is 0 Å². The van der Waals surface area contributed by atoms with Crippen molar-refractivity contribution < 1.29 is 19.4 Å². The number of nitrogens with one attached hydrogen (secondary N) is 1. The summed E-state index contributed by atoms with van der Waals surface area (Å²) < 4.78 is 10.6. The molecule has 1 aromatic carbocycles. The van der Waals surface area contributed by atoms with Gasteiger partial charge in [-0.2, -0.15) is 0 Å². The molecule has 0 saturated carbocycles. The summed E-state index contributed by atoms with van der Waals surface area (Å²) in [6, 6.07) is 5.43. The van der Waals surface area contributed by atoms with Crippen molar-refractivity contribution in [2.75, 3.05) is 13.7 Å². The average Bonchev–Trinajstić information content (AvgIpc) is 2.27. The number of benzene rings is 1. The molecule has 5 nitrogen and oxygen atoms in total. The topological polar surface area (TPSA) is 67.8 Å². The number of amides is 1. The van der Waals surface area contributed by atoms with E-state index in [0.29, 0.717) is 17.2 Å². The van der Waals surface area contributed by atoms with Gasteiger partial charge in [-0.15, -0.1) is 0 Å². The van der Waals surface area contributed by atoms with Crippen molar-refractivity contribution in [3.8, 4) is 11.5 Å². The Hall–Kier alpha value is -2.17. The van der Waals surface area contributed by atoms with Crippen LogP contribution in [-0.2, 0) is 0 Å². The van der Waals surface area contributed by atoms with Crippen LogP contribution in [0.4, 0.5) is 4.79 Å². The molecular formula is C11H11NO4. The molecule has 0 unspecified atom stereocenters. The summed E-state index contributed by atoms with van der Waals surface area (Å²) in [7, 11) is 1.56. The van der Waals surface area contributed by atoms with Gasteiger partial charge in [0.2, 0.25) is 0 Å². The van der Waals surface area contributed by atoms with Crippen molar-refractivity contribution in [1.29, 1.82) is 0 Å². The van der Waals surface area contributed by atoms with Crippen molar-refractivity contribution in [1.82, 2.24) is 5.32 Å². The third-order valence-electron chi connectivity index (χ3n) is 2.22. The Morgan fingerprint density at radius 3 is 3.06 bits per heavy atom. The lowest BCUT2D eigenvalue weighted by Crippen LogP contribution is -2.25. The van der Waals surface area contributed by atoms with Gasteiger partial charge in [0.1, 0.15) is 18.1 Å². The molecule has 0 saturated heterocycles. The maximum Gasteiger partial charge on any atom is 0.409 e. The SMILES string of the molecule is COc1cccc2c1C=C(NC(=O)O)CO2. The Morgan fingerprint density at radius 2 is 2.38 bits per heavy atom. The highest BCUT2D eigenvalue weighted by molar-refractivity contribution is 5.73. The van der Waals surface area contributed by atoms with Crippen LogP contribution < -0.4 is 14.8 Å². The van der Waals surface area contributed by atoms with Crippen molar-refractivity contribution in [3.63, 3.8) is 0 Å². The molecule has 0 atom stereocenters. The molecule has 1 aliphatic heterocycles. The summed E-state index contributed by atoms with van der Waals surface area (Å²) in [5, 5.41) is 10.9. The van der Waals surface area contributed by atoms with Gasteiger partial charge in [-0.05, 0) is 18.2 Å². The summed E-state index contributed by atoms with van der Waals surface area (Å²) in [5.74, 6) is 1.34. The van der Waals surface area contributed by atoms with Gasteiger partial charge in [-0.1, -0.05) is 6.07 Å². The number of hydrogen-bond acceptors (Lipinski definition) is 3. The predicted molar refractivity (Wildman–Crippen MR) is 57.6 cm³/mol. The van der Waals surface area contributed by atoms with E-state index in [-0.39, 0.29) is 6.61 Å². The van der Waals surface area contributed by atoms with E-state index in [4.69, 9.17) is 14.6 Å². The minimum Gasteiger partial charge on any atom is -0.496 e. The van der Waals surface area contributed by atoms with Crippen LogP contribution in [-0.4, -0.2) is 24.9 Å². The normalized spacial score (nSPS) is 13.2. The molecule has 16 heavy (non-hydrogen) atoms. The van der Waals surface area contributed by atoms with Gasteiger partial charge in [-0.25, -0.2) is 4.79 Å². The van der Waals surface area contributed by atoms with E-state index in [9.17, 15) is 4.79 Å². The summed E-state index contributed by atoms with van der Waals surface area (Å²) >= 11 is 0. The average molecular weight is 221 g/mol. The number of fused-ring (bicyclic) bond motifs is 1. The van der Waals surface area contributed by atoms with Gasteiger partial charge >= 0.3 is 6.09 Å². The van der Waals surface area contributed by atoms with E-state index >= 15 is 0 Å². The molecule has 0 aromatic heterocycles. The van der Waals surface area contributed by atoms with Crippen LogP contribution >= 0.6 is 0 Å². The molecule has 2 rings (SSSR count). The maximum absolute atomic E-state index is 10.5. The Kier molecular flexibility index (Phi) is 2.68. The number of carbonyl (C=O) groups is 1. The zero-order valence-corrected chi connectivity index (χ0v) is 8.69. The zero-order valence-electron chi connectivity index (χ0n) is 8.69. The highest BCUT2D eigenvalue weighted by atomic mass is 16.5. The molecule has 2 N–H and O–H groups in total. The van der Waals surface area contributed by atoms with Crippen LogP contribution in [0.5, 0.6) is 11.5 Å². The van der Waals surface area contributed by atoms with Crippen LogP contribution in [0.1, 0.15) is 5.56 Å². The van der Waals surface area contributed by atoms with Gasteiger partial charge in [0.05, 0.1) is 18.4 Å². The minimum atomic E-state index is -1.10. The van der Waals surface area contributed by atoms with Gasteiger partial charge < -0.3 is 14.6 Å². The third kappa shape index (κ3) is 1.93. The van der Waals surface area contributed by atoms with Crippen LogP contribution in [0.15, 0.2) is 23.9 Å². The highest BCUT2D eigenvalue weighted by Crippen LogP contribution is 2.33. The first-order valence-corrected chi connectivity index (χ1v) is 4.71. The fraction of sp³-hybridized carbons (Fsp3) is 0.182. The maximum atomic E-state index is 10.5. The van der Waals surface area contributed by atoms with E-state index in [1.807, 2.05) is 12.1 Å². The first-order valence-electron chi connectivity index (χ1n) is 4.71. The lowest BCUT2D eigenvalue weighted by molar-refractivity contribution is 0.195. The van der Waals surface area contributed by atoms with Crippen molar-refractivity contribution in [2.24, 2.45) is 0 Å². The minimum absolute atomic E-state index is 0.215. The fourth-order valence-corrected chi connectivity index (χ4v) is 1.55. The third-order valence-corrected chi connectivity index (χ3v) is 2.22. The number of rotatable bonds is 2. The summed E-state index contributed by atoms with van der Waals surface area (Å²) in [6.45, 7) is 0.215. The van der Waals surface area contributed by atoms with Crippen LogP contribution in [0.3, 0.4) is 0 Å². The van der Waals surface area contributed by atoms with Crippen molar-refractivity contribution >= 4 is 12.2 Å². The summed E-state index contributed by atoms with van der Waals surface area (Å²) in [5.41, 5.74) is 1.24. The van der Waals surface area contributed by atoms with E-state index in [1.165, 1.54) is 0 Å². The van der Waals surface area contributed by atoms with E-state index in [1.54, 1.807) is 19.3 Å². The molecular weight excluding hydrogens is 210 g/mol. The molecule has 0 radical (unpaired) electrons. The van der Waals surface area contributed by atoms with E-state index < -0.39 is 6.09 Å². The quantitative estimate of drug-likeness (QED) is 0.797. The molecule has 0 spiro atoms. The smallest absolute Gasteiger partial charge is 0.409 e. The second kappa shape index (κ2) is 4.14. The molecule has 0 bridgehead atoms. The first-order chi connectivity index (χ1) is 7.70. The largest absolute Gasteiger partial charge is 0.496 e. The highest BCUT2D eigenvalue weighted by Gasteiger charge is 2.16. The Balaban J connectivity index is 2.37. The molecule has 84 valence electrons. The Morgan fingerprint density at radius 1 is 1.56 bits per heavy atom. The molecule has 1 heterocycles. The number of hydrogen-bond donors (Lipinski definition) is 2. The second-order valence-corrected chi connectivity index (χ2v) is 3.26.